The van der Waals surface area contributed by atoms with Crippen molar-refractivity contribution in [1.82, 2.24) is 4.90 Å². The summed E-state index contributed by atoms with van der Waals surface area (Å²) in [7, 11) is 3.74. The maximum absolute atomic E-state index is 10.2. The monoisotopic (exact) mass is 276 g/mol. The molecule has 2 rings (SSSR count). The minimum Gasteiger partial charge on any atom is -0.493 e. The van der Waals surface area contributed by atoms with Crippen LogP contribution in [0, 0.1) is 0 Å². The summed E-state index contributed by atoms with van der Waals surface area (Å²) >= 11 is 0. The van der Waals surface area contributed by atoms with Crippen LogP contribution in [0.1, 0.15) is 18.4 Å². The van der Waals surface area contributed by atoms with Crippen LogP contribution in [0.25, 0.3) is 0 Å². The van der Waals surface area contributed by atoms with Crippen LogP contribution < -0.4 is 9.47 Å². The topological polar surface area (TPSA) is 51.1 Å². The first-order valence-electron chi connectivity index (χ1n) is 6.78. The zero-order valence-corrected chi connectivity index (χ0v) is 12.0. The fraction of sp³-hybridized carbons (Fsp3) is 0.533. The molecule has 1 aliphatic heterocycles. The highest BCUT2D eigenvalue weighted by Crippen LogP contribution is 2.30. The predicted octanol–water partition coefficient (Wildman–Crippen LogP) is 2.00. The Hall–Kier alpha value is -1.84. The molecule has 1 aromatic carbocycles. The van der Waals surface area contributed by atoms with Crippen molar-refractivity contribution in [3.8, 4) is 11.5 Å². The zero-order valence-electron chi connectivity index (χ0n) is 12.0. The number of ether oxygens (including phenoxy) is 2. The second-order valence-electron chi connectivity index (χ2n) is 5.01. The molecule has 1 saturated heterocycles. The summed E-state index contributed by atoms with van der Waals surface area (Å²) in [5.41, 5.74) is 0.914. The molecule has 0 radical (unpaired) electrons. The van der Waals surface area contributed by atoms with Crippen LogP contribution in [0.2, 0.25) is 0 Å². The van der Waals surface area contributed by atoms with Crippen LogP contribution in [0.3, 0.4) is 0 Å². The number of rotatable bonds is 5. The Morgan fingerprint density at radius 1 is 1.35 bits per heavy atom. The third-order valence-electron chi connectivity index (χ3n) is 3.51. The average Bonchev–Trinajstić information content (AvgIpc) is 2.48. The van der Waals surface area contributed by atoms with Gasteiger partial charge in [-0.3, -0.25) is 0 Å². The average molecular weight is 276 g/mol. The highest BCUT2D eigenvalue weighted by Gasteiger charge is 2.19. The van der Waals surface area contributed by atoms with E-state index in [1.165, 1.54) is 0 Å². The van der Waals surface area contributed by atoms with E-state index in [4.69, 9.17) is 9.47 Å². The standard InChI is InChI=1S/C15H20N2O3/c1-17-7-5-13(6-8-17)20-15-9-12(10-16-11-18)3-4-14(15)19-2/h3-4,9,13H,5-8,10H2,1-2H3. The van der Waals surface area contributed by atoms with Crippen LogP contribution in [0.15, 0.2) is 23.2 Å². The predicted molar refractivity (Wildman–Crippen MR) is 76.0 cm³/mol. The summed E-state index contributed by atoms with van der Waals surface area (Å²) in [4.78, 5) is 16.1. The van der Waals surface area contributed by atoms with Gasteiger partial charge in [-0.25, -0.2) is 9.79 Å². The molecule has 0 unspecified atom stereocenters. The Morgan fingerprint density at radius 3 is 2.75 bits per heavy atom. The van der Waals surface area contributed by atoms with E-state index in [0.717, 1.165) is 37.2 Å². The molecule has 108 valence electrons. The normalized spacial score (nSPS) is 16.5. The van der Waals surface area contributed by atoms with Crippen LogP contribution in [0.4, 0.5) is 0 Å². The Bertz CT molecular complexity index is 490. The molecule has 0 aromatic heterocycles. The van der Waals surface area contributed by atoms with Gasteiger partial charge in [0.1, 0.15) is 6.10 Å². The number of carbonyl (C=O) groups excluding carboxylic acids is 1. The summed E-state index contributed by atoms with van der Waals surface area (Å²) in [6.45, 7) is 2.40. The molecule has 1 aromatic rings. The van der Waals surface area contributed by atoms with Gasteiger partial charge >= 0.3 is 0 Å². The molecule has 0 atom stereocenters. The quantitative estimate of drug-likeness (QED) is 0.610. The lowest BCUT2D eigenvalue weighted by Gasteiger charge is -2.29. The van der Waals surface area contributed by atoms with Crippen LogP contribution >= 0.6 is 0 Å². The molecule has 0 aliphatic carbocycles. The van der Waals surface area contributed by atoms with Gasteiger partial charge in [0.25, 0.3) is 0 Å². The lowest BCUT2D eigenvalue weighted by molar-refractivity contribution is 0.111. The number of hydrogen-bond acceptors (Lipinski definition) is 5. The van der Waals surface area contributed by atoms with E-state index in [9.17, 15) is 4.79 Å². The van der Waals surface area contributed by atoms with E-state index in [1.807, 2.05) is 18.2 Å². The fourth-order valence-corrected chi connectivity index (χ4v) is 2.32. The summed E-state index contributed by atoms with van der Waals surface area (Å²) < 4.78 is 11.4. The van der Waals surface area contributed by atoms with Gasteiger partial charge in [0, 0.05) is 13.1 Å². The second kappa shape index (κ2) is 7.08. The molecule has 5 nitrogen and oxygen atoms in total. The number of nitrogens with zero attached hydrogens (tertiary/aromatic N) is 2. The van der Waals surface area contributed by atoms with Crippen molar-refractivity contribution < 1.29 is 14.3 Å². The van der Waals surface area contributed by atoms with Gasteiger partial charge in [-0.15, -0.1) is 0 Å². The van der Waals surface area contributed by atoms with Crippen LogP contribution in [-0.2, 0) is 11.3 Å². The Kier molecular flexibility index (Phi) is 5.16. The van der Waals surface area contributed by atoms with Gasteiger partial charge < -0.3 is 14.4 Å². The van der Waals surface area contributed by atoms with Crippen molar-refractivity contribution in [2.45, 2.75) is 25.5 Å². The Balaban J connectivity index is 2.09. The Labute approximate surface area is 119 Å². The lowest BCUT2D eigenvalue weighted by Crippen LogP contribution is -2.35. The summed E-state index contributed by atoms with van der Waals surface area (Å²) in [6.07, 6.45) is 3.78. The molecular formula is C15H20N2O3. The SMILES string of the molecule is COc1ccc(CN=C=O)cc1OC1CCN(C)CC1. The first-order valence-corrected chi connectivity index (χ1v) is 6.78. The van der Waals surface area contributed by atoms with Gasteiger partial charge in [0.05, 0.1) is 13.7 Å². The first-order chi connectivity index (χ1) is 9.72. The number of likely N-dealkylation sites (tertiary alicyclic amines) is 1. The lowest BCUT2D eigenvalue weighted by atomic mass is 10.1. The van der Waals surface area contributed by atoms with Gasteiger partial charge in [0.15, 0.2) is 11.5 Å². The molecule has 20 heavy (non-hydrogen) atoms. The van der Waals surface area contributed by atoms with Gasteiger partial charge in [-0.2, -0.15) is 0 Å². The zero-order chi connectivity index (χ0) is 14.4. The van der Waals surface area contributed by atoms with E-state index < -0.39 is 0 Å². The molecule has 0 spiro atoms. The second-order valence-corrected chi connectivity index (χ2v) is 5.01. The molecule has 1 heterocycles. The van der Waals surface area contributed by atoms with Crippen molar-refractivity contribution >= 4 is 6.08 Å². The van der Waals surface area contributed by atoms with Gasteiger partial charge in [-0.1, -0.05) is 6.07 Å². The molecule has 1 fully saturated rings. The summed E-state index contributed by atoms with van der Waals surface area (Å²) in [5.74, 6) is 1.43. The minimum atomic E-state index is 0.213. The van der Waals surface area contributed by atoms with E-state index in [-0.39, 0.29) is 6.10 Å². The van der Waals surface area contributed by atoms with Crippen molar-refractivity contribution in [3.63, 3.8) is 0 Å². The van der Waals surface area contributed by atoms with Crippen molar-refractivity contribution in [2.75, 3.05) is 27.2 Å². The van der Waals surface area contributed by atoms with Crippen LogP contribution in [-0.4, -0.2) is 44.3 Å². The summed E-state index contributed by atoms with van der Waals surface area (Å²) in [5, 5.41) is 0. The van der Waals surface area contributed by atoms with Gasteiger partial charge in [0.2, 0.25) is 6.08 Å². The molecule has 0 saturated carbocycles. The highest BCUT2D eigenvalue weighted by atomic mass is 16.5. The van der Waals surface area contributed by atoms with E-state index in [0.29, 0.717) is 12.3 Å². The molecule has 5 heteroatoms. The number of hydrogen-bond donors (Lipinski definition) is 0. The third-order valence-corrected chi connectivity index (χ3v) is 3.51. The number of methoxy groups -OCH3 is 1. The third kappa shape index (κ3) is 3.83. The molecule has 1 aliphatic rings. The van der Waals surface area contributed by atoms with Crippen molar-refractivity contribution in [3.05, 3.63) is 23.8 Å². The van der Waals surface area contributed by atoms with E-state index in [2.05, 4.69) is 16.9 Å². The molecular weight excluding hydrogens is 256 g/mol. The number of isocyanates is 1. The molecule has 0 N–H and O–H groups in total. The van der Waals surface area contributed by atoms with Crippen molar-refractivity contribution in [1.29, 1.82) is 0 Å². The fourth-order valence-electron chi connectivity index (χ4n) is 2.32. The molecule has 0 bridgehead atoms. The largest absolute Gasteiger partial charge is 0.493 e. The Morgan fingerprint density at radius 2 is 2.10 bits per heavy atom. The first kappa shape index (κ1) is 14.6. The number of aliphatic imine (C=N–C) groups is 1. The highest BCUT2D eigenvalue weighted by molar-refractivity contribution is 5.43. The minimum absolute atomic E-state index is 0.213. The maximum Gasteiger partial charge on any atom is 0.235 e. The van der Waals surface area contributed by atoms with Crippen molar-refractivity contribution in [2.24, 2.45) is 4.99 Å². The number of benzene rings is 1. The summed E-state index contributed by atoms with van der Waals surface area (Å²) in [6, 6.07) is 5.61. The van der Waals surface area contributed by atoms with E-state index in [1.54, 1.807) is 13.2 Å². The maximum atomic E-state index is 10.2. The smallest absolute Gasteiger partial charge is 0.235 e. The van der Waals surface area contributed by atoms with Crippen LogP contribution in [0.5, 0.6) is 11.5 Å². The molecule has 0 amide bonds. The number of piperidine rings is 1. The van der Waals surface area contributed by atoms with E-state index >= 15 is 0 Å². The van der Waals surface area contributed by atoms with Gasteiger partial charge in [-0.05, 0) is 37.6 Å².